The molecular weight excluding hydrogens is 238 g/mol. The van der Waals surface area contributed by atoms with Gasteiger partial charge in [0.1, 0.15) is 0 Å². The van der Waals surface area contributed by atoms with Crippen LogP contribution in [0.25, 0.3) is 0 Å². The molecule has 1 fully saturated rings. The quantitative estimate of drug-likeness (QED) is 0.891. The van der Waals surface area contributed by atoms with Crippen LogP contribution in [0.2, 0.25) is 0 Å². The van der Waals surface area contributed by atoms with E-state index in [1.807, 2.05) is 0 Å². The molecule has 0 spiro atoms. The summed E-state index contributed by atoms with van der Waals surface area (Å²) in [4.78, 5) is 2.11. The smallest absolute Gasteiger partial charge is 0.163 e. The molecule has 0 aliphatic carbocycles. The second kappa shape index (κ2) is 5.73. The molecule has 1 heterocycles. The van der Waals surface area contributed by atoms with Gasteiger partial charge in [-0.3, -0.25) is 4.90 Å². The van der Waals surface area contributed by atoms with Crippen molar-refractivity contribution >= 4 is 0 Å². The van der Waals surface area contributed by atoms with Crippen molar-refractivity contribution in [1.82, 2.24) is 4.90 Å². The van der Waals surface area contributed by atoms with E-state index >= 15 is 0 Å². The second-order valence-electron chi connectivity index (χ2n) is 4.66. The van der Waals surface area contributed by atoms with E-state index in [9.17, 15) is 8.78 Å². The first-order valence-electron chi connectivity index (χ1n) is 6.06. The van der Waals surface area contributed by atoms with E-state index in [1.54, 1.807) is 7.11 Å². The summed E-state index contributed by atoms with van der Waals surface area (Å²) in [6, 6.07) is 3.60. The summed E-state index contributed by atoms with van der Waals surface area (Å²) in [5.41, 5.74) is 6.17. The van der Waals surface area contributed by atoms with E-state index in [0.29, 0.717) is 6.54 Å². The highest BCUT2D eigenvalue weighted by Gasteiger charge is 2.25. The third kappa shape index (κ3) is 2.85. The zero-order chi connectivity index (χ0) is 13.1. The standard InChI is InChI=1S/C13H18F2N2O/c1-18-9-5-6-17(7-9)8-12(16)10-3-2-4-11(14)13(10)15/h2-4,9,12H,5-8,16H2,1H3. The molecule has 0 saturated carbocycles. The summed E-state index contributed by atoms with van der Waals surface area (Å²) in [5, 5.41) is 0. The van der Waals surface area contributed by atoms with Gasteiger partial charge in [-0.25, -0.2) is 8.78 Å². The van der Waals surface area contributed by atoms with E-state index < -0.39 is 17.7 Å². The highest BCUT2D eigenvalue weighted by Crippen LogP contribution is 2.20. The van der Waals surface area contributed by atoms with Crippen LogP contribution in [-0.2, 0) is 4.74 Å². The molecule has 2 unspecified atom stereocenters. The maximum absolute atomic E-state index is 13.6. The minimum absolute atomic E-state index is 0.217. The average Bonchev–Trinajstić information content (AvgIpc) is 2.80. The number of ether oxygens (including phenoxy) is 1. The molecule has 2 N–H and O–H groups in total. The summed E-state index contributed by atoms with van der Waals surface area (Å²) < 4.78 is 31.9. The van der Waals surface area contributed by atoms with Crippen LogP contribution in [-0.4, -0.2) is 37.7 Å². The summed E-state index contributed by atoms with van der Waals surface area (Å²) in [6.45, 7) is 2.19. The number of hydrogen-bond donors (Lipinski definition) is 1. The first kappa shape index (κ1) is 13.4. The lowest BCUT2D eigenvalue weighted by molar-refractivity contribution is 0.107. The SMILES string of the molecule is COC1CCN(CC(N)c2cccc(F)c2F)C1. The number of halogens is 2. The van der Waals surface area contributed by atoms with Gasteiger partial charge in [-0.2, -0.15) is 0 Å². The van der Waals surface area contributed by atoms with Gasteiger partial charge in [0.2, 0.25) is 0 Å². The van der Waals surface area contributed by atoms with Crippen molar-refractivity contribution in [3.05, 3.63) is 35.4 Å². The highest BCUT2D eigenvalue weighted by atomic mass is 19.2. The molecule has 1 aliphatic heterocycles. The van der Waals surface area contributed by atoms with Crippen LogP contribution in [0.1, 0.15) is 18.0 Å². The zero-order valence-corrected chi connectivity index (χ0v) is 10.4. The summed E-state index contributed by atoms with van der Waals surface area (Å²) in [6.07, 6.45) is 1.17. The molecule has 2 rings (SSSR count). The molecule has 1 aliphatic rings. The number of rotatable bonds is 4. The number of nitrogens with zero attached hydrogens (tertiary/aromatic N) is 1. The monoisotopic (exact) mass is 256 g/mol. The Hall–Kier alpha value is -1.04. The van der Waals surface area contributed by atoms with Gasteiger partial charge in [0.25, 0.3) is 0 Å². The number of nitrogens with two attached hydrogens (primary N) is 1. The third-order valence-electron chi connectivity index (χ3n) is 3.40. The molecule has 100 valence electrons. The van der Waals surface area contributed by atoms with Crippen LogP contribution in [0.15, 0.2) is 18.2 Å². The number of hydrogen-bond acceptors (Lipinski definition) is 3. The Morgan fingerprint density at radius 2 is 2.28 bits per heavy atom. The molecule has 0 amide bonds. The molecule has 1 saturated heterocycles. The van der Waals surface area contributed by atoms with E-state index in [4.69, 9.17) is 10.5 Å². The fraction of sp³-hybridized carbons (Fsp3) is 0.538. The van der Waals surface area contributed by atoms with Gasteiger partial charge in [-0.15, -0.1) is 0 Å². The predicted molar refractivity (Wildman–Crippen MR) is 65.1 cm³/mol. The molecule has 5 heteroatoms. The van der Waals surface area contributed by atoms with E-state index in [0.717, 1.165) is 25.6 Å². The first-order chi connectivity index (χ1) is 8.61. The number of likely N-dealkylation sites (tertiary alicyclic amines) is 1. The van der Waals surface area contributed by atoms with Crippen molar-refractivity contribution in [2.24, 2.45) is 5.73 Å². The Kier molecular flexibility index (Phi) is 4.27. The lowest BCUT2D eigenvalue weighted by Gasteiger charge is -2.21. The molecule has 1 aromatic rings. The van der Waals surface area contributed by atoms with Crippen molar-refractivity contribution < 1.29 is 13.5 Å². The van der Waals surface area contributed by atoms with Gasteiger partial charge < -0.3 is 10.5 Å². The van der Waals surface area contributed by atoms with Crippen molar-refractivity contribution in [3.63, 3.8) is 0 Å². The summed E-state index contributed by atoms with van der Waals surface area (Å²) in [5.74, 6) is -1.69. The van der Waals surface area contributed by atoms with E-state index in [-0.39, 0.29) is 11.7 Å². The number of benzene rings is 1. The molecule has 1 aromatic carbocycles. The maximum Gasteiger partial charge on any atom is 0.163 e. The maximum atomic E-state index is 13.6. The fourth-order valence-corrected chi connectivity index (χ4v) is 2.34. The fourth-order valence-electron chi connectivity index (χ4n) is 2.34. The van der Waals surface area contributed by atoms with Crippen LogP contribution in [0.3, 0.4) is 0 Å². The van der Waals surface area contributed by atoms with Gasteiger partial charge in [0.15, 0.2) is 11.6 Å². The summed E-state index contributed by atoms with van der Waals surface area (Å²) in [7, 11) is 1.68. The van der Waals surface area contributed by atoms with Gasteiger partial charge in [0, 0.05) is 38.3 Å². The minimum Gasteiger partial charge on any atom is -0.380 e. The van der Waals surface area contributed by atoms with Crippen LogP contribution in [0.5, 0.6) is 0 Å². The van der Waals surface area contributed by atoms with Crippen LogP contribution >= 0.6 is 0 Å². The summed E-state index contributed by atoms with van der Waals surface area (Å²) >= 11 is 0. The molecule has 2 atom stereocenters. The second-order valence-corrected chi connectivity index (χ2v) is 4.66. The Morgan fingerprint density at radius 1 is 1.50 bits per heavy atom. The lowest BCUT2D eigenvalue weighted by atomic mass is 10.1. The average molecular weight is 256 g/mol. The Morgan fingerprint density at radius 3 is 2.94 bits per heavy atom. The largest absolute Gasteiger partial charge is 0.380 e. The van der Waals surface area contributed by atoms with Crippen molar-refractivity contribution in [1.29, 1.82) is 0 Å². The van der Waals surface area contributed by atoms with Gasteiger partial charge in [0.05, 0.1) is 6.10 Å². The molecular formula is C13H18F2N2O. The normalized spacial score (nSPS) is 22.3. The Bertz CT molecular complexity index is 414. The van der Waals surface area contributed by atoms with Crippen LogP contribution in [0.4, 0.5) is 8.78 Å². The Labute approximate surface area is 106 Å². The van der Waals surface area contributed by atoms with Crippen molar-refractivity contribution in [3.8, 4) is 0 Å². The third-order valence-corrected chi connectivity index (χ3v) is 3.40. The predicted octanol–water partition coefficient (Wildman–Crippen LogP) is 1.69. The number of methoxy groups -OCH3 is 1. The van der Waals surface area contributed by atoms with Gasteiger partial charge in [-0.1, -0.05) is 12.1 Å². The molecule has 0 radical (unpaired) electrons. The minimum atomic E-state index is -0.848. The molecule has 0 bridgehead atoms. The van der Waals surface area contributed by atoms with E-state index in [1.165, 1.54) is 12.1 Å². The topological polar surface area (TPSA) is 38.5 Å². The van der Waals surface area contributed by atoms with Crippen LogP contribution in [0, 0.1) is 11.6 Å². The lowest BCUT2D eigenvalue weighted by Crippen LogP contribution is -2.32. The molecule has 0 aromatic heterocycles. The van der Waals surface area contributed by atoms with Crippen LogP contribution < -0.4 is 5.73 Å². The van der Waals surface area contributed by atoms with Crippen molar-refractivity contribution in [2.75, 3.05) is 26.7 Å². The molecule has 3 nitrogen and oxygen atoms in total. The van der Waals surface area contributed by atoms with Crippen molar-refractivity contribution in [2.45, 2.75) is 18.6 Å². The molecule has 18 heavy (non-hydrogen) atoms. The Balaban J connectivity index is 2.00. The van der Waals surface area contributed by atoms with Gasteiger partial charge in [-0.05, 0) is 12.5 Å². The first-order valence-corrected chi connectivity index (χ1v) is 6.06. The van der Waals surface area contributed by atoms with E-state index in [2.05, 4.69) is 4.90 Å². The highest BCUT2D eigenvalue weighted by molar-refractivity contribution is 5.22. The van der Waals surface area contributed by atoms with Gasteiger partial charge >= 0.3 is 0 Å². The zero-order valence-electron chi connectivity index (χ0n) is 10.4.